The van der Waals surface area contributed by atoms with E-state index in [4.69, 9.17) is 10.3 Å². The number of nitrogens with zero attached hydrogens (tertiary/aromatic N) is 2. The van der Waals surface area contributed by atoms with Crippen LogP contribution in [-0.2, 0) is 5.54 Å². The molecule has 4 nitrogen and oxygen atoms in total. The molecule has 1 aliphatic heterocycles. The van der Waals surface area contributed by atoms with Gasteiger partial charge in [0.2, 0.25) is 5.89 Å². The van der Waals surface area contributed by atoms with Crippen LogP contribution in [0.2, 0.25) is 0 Å². The molecule has 1 fully saturated rings. The molecule has 5 heteroatoms. The molecule has 15 heavy (non-hydrogen) atoms. The van der Waals surface area contributed by atoms with Gasteiger partial charge in [-0.1, -0.05) is 12.1 Å². The Labute approximate surface area is 94.0 Å². The third-order valence-electron chi connectivity index (χ3n) is 2.88. The van der Waals surface area contributed by atoms with Crippen LogP contribution in [0.3, 0.4) is 0 Å². The van der Waals surface area contributed by atoms with E-state index in [0.29, 0.717) is 11.1 Å². The van der Waals surface area contributed by atoms with Crippen molar-refractivity contribution in [2.75, 3.05) is 5.75 Å². The maximum atomic E-state index is 6.05. The molecule has 1 aromatic rings. The fraction of sp³-hybridized carbons (Fsp3) is 0.800. The van der Waals surface area contributed by atoms with Crippen molar-refractivity contribution in [2.24, 2.45) is 5.73 Å². The second kappa shape index (κ2) is 4.14. The molecule has 2 atom stereocenters. The fourth-order valence-corrected chi connectivity index (χ4v) is 2.73. The number of thioether (sulfide) groups is 1. The number of hydrogen-bond donors (Lipinski definition) is 1. The Kier molecular flexibility index (Phi) is 3.02. The SMILES string of the molecule is CCC(C)(N)c1nc(C2CCCS2)no1. The first-order valence-corrected chi connectivity index (χ1v) is 6.43. The predicted molar refractivity (Wildman–Crippen MR) is 60.6 cm³/mol. The minimum Gasteiger partial charge on any atom is -0.337 e. The smallest absolute Gasteiger partial charge is 0.246 e. The monoisotopic (exact) mass is 227 g/mol. The van der Waals surface area contributed by atoms with E-state index in [-0.39, 0.29) is 0 Å². The zero-order chi connectivity index (χ0) is 10.9. The zero-order valence-corrected chi connectivity index (χ0v) is 10.0. The van der Waals surface area contributed by atoms with Gasteiger partial charge in [0.15, 0.2) is 5.82 Å². The Morgan fingerprint density at radius 3 is 3.07 bits per heavy atom. The van der Waals surface area contributed by atoms with E-state index in [1.54, 1.807) is 0 Å². The van der Waals surface area contributed by atoms with Gasteiger partial charge >= 0.3 is 0 Å². The molecule has 0 aromatic carbocycles. The third-order valence-corrected chi connectivity index (χ3v) is 4.26. The van der Waals surface area contributed by atoms with Crippen molar-refractivity contribution < 1.29 is 4.52 Å². The highest BCUT2D eigenvalue weighted by atomic mass is 32.2. The summed E-state index contributed by atoms with van der Waals surface area (Å²) < 4.78 is 5.23. The number of hydrogen-bond acceptors (Lipinski definition) is 5. The van der Waals surface area contributed by atoms with E-state index in [9.17, 15) is 0 Å². The van der Waals surface area contributed by atoms with Gasteiger partial charge in [-0.2, -0.15) is 16.7 Å². The summed E-state index contributed by atoms with van der Waals surface area (Å²) in [6.07, 6.45) is 3.19. The van der Waals surface area contributed by atoms with Crippen molar-refractivity contribution in [3.8, 4) is 0 Å². The van der Waals surface area contributed by atoms with Crippen molar-refractivity contribution in [1.29, 1.82) is 0 Å². The summed E-state index contributed by atoms with van der Waals surface area (Å²) in [6, 6.07) is 0. The maximum absolute atomic E-state index is 6.05. The Balaban J connectivity index is 2.16. The second-order valence-corrected chi connectivity index (χ2v) is 5.54. The standard InChI is InChI=1S/C10H17N3OS/c1-3-10(2,11)9-12-8(13-14-9)7-5-4-6-15-7/h7H,3-6,11H2,1-2H3. The summed E-state index contributed by atoms with van der Waals surface area (Å²) in [4.78, 5) is 4.41. The van der Waals surface area contributed by atoms with Gasteiger partial charge in [-0.25, -0.2) is 0 Å². The maximum Gasteiger partial charge on any atom is 0.246 e. The lowest BCUT2D eigenvalue weighted by molar-refractivity contribution is 0.290. The van der Waals surface area contributed by atoms with E-state index in [2.05, 4.69) is 10.1 Å². The Bertz CT molecular complexity index is 331. The van der Waals surface area contributed by atoms with Crippen LogP contribution in [0, 0.1) is 0 Å². The number of aromatic nitrogens is 2. The normalized spacial score (nSPS) is 25.4. The van der Waals surface area contributed by atoms with Gasteiger partial charge in [-0.3, -0.25) is 0 Å². The summed E-state index contributed by atoms with van der Waals surface area (Å²) in [5, 5.41) is 4.44. The topological polar surface area (TPSA) is 64.9 Å². The molecule has 2 unspecified atom stereocenters. The van der Waals surface area contributed by atoms with Gasteiger partial charge in [0.25, 0.3) is 0 Å². The first-order valence-electron chi connectivity index (χ1n) is 5.38. The molecule has 2 heterocycles. The Morgan fingerprint density at radius 2 is 2.47 bits per heavy atom. The molecule has 0 spiro atoms. The highest BCUT2D eigenvalue weighted by Crippen LogP contribution is 2.38. The van der Waals surface area contributed by atoms with Gasteiger partial charge in [-0.05, 0) is 31.9 Å². The summed E-state index contributed by atoms with van der Waals surface area (Å²) >= 11 is 1.90. The molecule has 1 saturated heterocycles. The van der Waals surface area contributed by atoms with Crippen LogP contribution in [0.1, 0.15) is 50.1 Å². The van der Waals surface area contributed by atoms with Gasteiger partial charge in [0, 0.05) is 0 Å². The van der Waals surface area contributed by atoms with Crippen LogP contribution in [0.4, 0.5) is 0 Å². The molecule has 0 bridgehead atoms. The average Bonchev–Trinajstić information content (AvgIpc) is 2.88. The molecular formula is C10H17N3OS. The van der Waals surface area contributed by atoms with Crippen LogP contribution >= 0.6 is 11.8 Å². The molecule has 2 N–H and O–H groups in total. The summed E-state index contributed by atoms with van der Waals surface area (Å²) in [6.45, 7) is 3.94. The van der Waals surface area contributed by atoms with Crippen LogP contribution in [0.5, 0.6) is 0 Å². The molecule has 84 valence electrons. The zero-order valence-electron chi connectivity index (χ0n) is 9.19. The number of nitrogens with two attached hydrogens (primary N) is 1. The van der Waals surface area contributed by atoms with E-state index in [0.717, 1.165) is 18.7 Å². The van der Waals surface area contributed by atoms with E-state index in [1.165, 1.54) is 12.2 Å². The van der Waals surface area contributed by atoms with Crippen LogP contribution in [-0.4, -0.2) is 15.9 Å². The lowest BCUT2D eigenvalue weighted by Crippen LogP contribution is -2.32. The van der Waals surface area contributed by atoms with Crippen LogP contribution in [0.15, 0.2) is 4.52 Å². The highest BCUT2D eigenvalue weighted by molar-refractivity contribution is 7.99. The highest BCUT2D eigenvalue weighted by Gasteiger charge is 2.29. The largest absolute Gasteiger partial charge is 0.337 e. The number of rotatable bonds is 3. The minimum absolute atomic E-state index is 0.412. The van der Waals surface area contributed by atoms with E-state index >= 15 is 0 Å². The lowest BCUT2D eigenvalue weighted by Gasteiger charge is -2.16. The van der Waals surface area contributed by atoms with Crippen LogP contribution in [0.25, 0.3) is 0 Å². The first-order chi connectivity index (χ1) is 7.13. The average molecular weight is 227 g/mol. The minimum atomic E-state index is -0.492. The molecule has 2 rings (SSSR count). The first kappa shape index (κ1) is 11.0. The molecule has 0 amide bonds. The third kappa shape index (κ3) is 2.18. The second-order valence-electron chi connectivity index (χ2n) is 4.23. The summed E-state index contributed by atoms with van der Waals surface area (Å²) in [5.41, 5.74) is 5.55. The van der Waals surface area contributed by atoms with Crippen molar-refractivity contribution in [1.82, 2.24) is 10.1 Å². The predicted octanol–water partition coefficient (Wildman–Crippen LogP) is 2.22. The van der Waals surface area contributed by atoms with Crippen molar-refractivity contribution in [3.63, 3.8) is 0 Å². The van der Waals surface area contributed by atoms with Gasteiger partial charge in [-0.15, -0.1) is 0 Å². The Hall–Kier alpha value is -0.550. The quantitative estimate of drug-likeness (QED) is 0.857. The van der Waals surface area contributed by atoms with Crippen molar-refractivity contribution in [2.45, 2.75) is 43.9 Å². The fourth-order valence-electron chi connectivity index (χ4n) is 1.53. The van der Waals surface area contributed by atoms with Crippen molar-refractivity contribution in [3.05, 3.63) is 11.7 Å². The summed E-state index contributed by atoms with van der Waals surface area (Å²) in [7, 11) is 0. The van der Waals surface area contributed by atoms with Gasteiger partial charge in [0.1, 0.15) is 0 Å². The van der Waals surface area contributed by atoms with E-state index in [1.807, 2.05) is 25.6 Å². The molecule has 0 saturated carbocycles. The van der Waals surface area contributed by atoms with E-state index < -0.39 is 5.54 Å². The van der Waals surface area contributed by atoms with Crippen molar-refractivity contribution >= 4 is 11.8 Å². The molecule has 0 aliphatic carbocycles. The molecule has 1 aromatic heterocycles. The molecule has 1 aliphatic rings. The van der Waals surface area contributed by atoms with Gasteiger partial charge < -0.3 is 10.3 Å². The molecule has 0 radical (unpaired) electrons. The van der Waals surface area contributed by atoms with Gasteiger partial charge in [0.05, 0.1) is 10.8 Å². The Morgan fingerprint density at radius 1 is 1.67 bits per heavy atom. The lowest BCUT2D eigenvalue weighted by atomic mass is 10.0. The van der Waals surface area contributed by atoms with Crippen LogP contribution < -0.4 is 5.73 Å². The molecular weight excluding hydrogens is 210 g/mol. The summed E-state index contributed by atoms with van der Waals surface area (Å²) in [5.74, 6) is 2.58.